The molecule has 0 aliphatic heterocycles. The lowest BCUT2D eigenvalue weighted by molar-refractivity contribution is -0.136. The van der Waals surface area contributed by atoms with Crippen LogP contribution in [0.25, 0.3) is 0 Å². The minimum atomic E-state index is -3.71. The predicted octanol–water partition coefficient (Wildman–Crippen LogP) is 1.58. The fraction of sp³-hybridized carbons (Fsp3) is 0.385. The highest BCUT2D eigenvalue weighted by Crippen LogP contribution is 2.24. The van der Waals surface area contributed by atoms with Crippen LogP contribution in [0.1, 0.15) is 13.8 Å². The largest absolute Gasteiger partial charge is 0.480 e. The van der Waals surface area contributed by atoms with Gasteiger partial charge in [-0.2, -0.15) is 0 Å². The Bertz CT molecular complexity index is 652. The second-order valence-electron chi connectivity index (χ2n) is 5.04. The average Bonchev–Trinajstić information content (AvgIpc) is 2.34. The fourth-order valence-electron chi connectivity index (χ4n) is 1.52. The van der Waals surface area contributed by atoms with Crippen molar-refractivity contribution in [2.45, 2.75) is 18.6 Å². The number of aliphatic carboxylic acids is 1. The zero-order valence-electron chi connectivity index (χ0n) is 11.8. The molecule has 1 aromatic rings. The van der Waals surface area contributed by atoms with Crippen LogP contribution in [-0.2, 0) is 19.4 Å². The maximum atomic E-state index is 12.5. The summed E-state index contributed by atoms with van der Waals surface area (Å²) in [5, 5.41) is 9.37. The van der Waals surface area contributed by atoms with Crippen molar-refractivity contribution in [2.75, 3.05) is 17.7 Å². The molecule has 0 spiro atoms. The van der Waals surface area contributed by atoms with Crippen molar-refractivity contribution in [1.82, 2.24) is 0 Å². The zero-order valence-corrected chi connectivity index (χ0v) is 13.4. The third-order valence-electron chi connectivity index (χ3n) is 3.12. The molecule has 116 valence electrons. The first-order chi connectivity index (χ1) is 9.46. The van der Waals surface area contributed by atoms with Crippen molar-refractivity contribution in [1.29, 1.82) is 0 Å². The molecule has 21 heavy (non-hydrogen) atoms. The van der Waals surface area contributed by atoms with E-state index in [4.69, 9.17) is 16.7 Å². The zero-order chi connectivity index (χ0) is 16.4. The molecule has 0 atom stereocenters. The summed E-state index contributed by atoms with van der Waals surface area (Å²) in [6, 6.07) is 5.90. The number of amides is 1. The topological polar surface area (TPSA) is 91.8 Å². The van der Waals surface area contributed by atoms with Gasteiger partial charge in [0.15, 0.2) is 9.84 Å². The van der Waals surface area contributed by atoms with Crippen molar-refractivity contribution >= 4 is 39.0 Å². The van der Waals surface area contributed by atoms with E-state index < -0.39 is 33.0 Å². The maximum Gasteiger partial charge on any atom is 0.323 e. The third kappa shape index (κ3) is 3.95. The summed E-state index contributed by atoms with van der Waals surface area (Å²) in [7, 11) is -3.71. The summed E-state index contributed by atoms with van der Waals surface area (Å²) in [4.78, 5) is 24.4. The number of carboxylic acid groups (broad SMARTS) is 1. The van der Waals surface area contributed by atoms with Gasteiger partial charge in [0.1, 0.15) is 11.3 Å². The van der Waals surface area contributed by atoms with Crippen LogP contribution in [0.15, 0.2) is 24.3 Å². The third-order valence-corrected chi connectivity index (χ3v) is 5.40. The van der Waals surface area contributed by atoms with E-state index in [-0.39, 0.29) is 5.69 Å². The monoisotopic (exact) mass is 333 g/mol. The second kappa shape index (κ2) is 6.03. The molecular formula is C13H16ClNO5S. The van der Waals surface area contributed by atoms with Crippen LogP contribution in [-0.4, -0.2) is 42.9 Å². The molecule has 1 amide bonds. The number of carbonyl (C=O) groups is 2. The summed E-state index contributed by atoms with van der Waals surface area (Å²) in [6.45, 7) is 1.85. The van der Waals surface area contributed by atoms with E-state index in [1.165, 1.54) is 38.1 Å². The lowest BCUT2D eigenvalue weighted by Crippen LogP contribution is -2.51. The van der Waals surface area contributed by atoms with Crippen molar-refractivity contribution < 1.29 is 23.1 Å². The van der Waals surface area contributed by atoms with Crippen molar-refractivity contribution in [3.63, 3.8) is 0 Å². The molecule has 1 N–H and O–H groups in total. The Morgan fingerprint density at radius 2 is 1.71 bits per heavy atom. The Balaban J connectivity index is 3.29. The number of carbonyl (C=O) groups excluding carboxylic acids is 1. The number of halogens is 1. The number of benzene rings is 1. The Hall–Kier alpha value is -1.60. The predicted molar refractivity (Wildman–Crippen MR) is 80.4 cm³/mol. The van der Waals surface area contributed by atoms with E-state index in [0.717, 1.165) is 11.2 Å². The Labute approximate surface area is 128 Å². The van der Waals surface area contributed by atoms with Crippen LogP contribution in [0.2, 0.25) is 5.02 Å². The Morgan fingerprint density at radius 1 is 1.24 bits per heavy atom. The Kier molecular flexibility index (Phi) is 5.01. The minimum absolute atomic E-state index is 0.267. The molecule has 8 heteroatoms. The fourth-order valence-corrected chi connectivity index (χ4v) is 2.07. The number of anilines is 1. The van der Waals surface area contributed by atoms with E-state index in [2.05, 4.69) is 0 Å². The van der Waals surface area contributed by atoms with Gasteiger partial charge in [0.25, 0.3) is 0 Å². The van der Waals surface area contributed by atoms with Gasteiger partial charge in [0.2, 0.25) is 5.91 Å². The SMILES string of the molecule is CC(C)(C(=O)N(CC(=O)O)c1ccc(Cl)cc1)S(C)(=O)=O. The maximum absolute atomic E-state index is 12.5. The molecule has 6 nitrogen and oxygen atoms in total. The van der Waals surface area contributed by atoms with E-state index >= 15 is 0 Å². The first-order valence-electron chi connectivity index (χ1n) is 5.95. The van der Waals surface area contributed by atoms with Gasteiger partial charge < -0.3 is 5.11 Å². The van der Waals surface area contributed by atoms with Crippen LogP contribution < -0.4 is 4.90 Å². The van der Waals surface area contributed by atoms with Crippen LogP contribution in [0.5, 0.6) is 0 Å². The molecule has 0 bridgehead atoms. The standard InChI is InChI=1S/C13H16ClNO5S/c1-13(2,21(3,19)20)12(18)15(8-11(16)17)10-6-4-9(14)5-7-10/h4-7H,8H2,1-3H3,(H,16,17). The summed E-state index contributed by atoms with van der Waals surface area (Å²) < 4.78 is 21.8. The molecule has 0 saturated carbocycles. The summed E-state index contributed by atoms with van der Waals surface area (Å²) in [6.07, 6.45) is 0.936. The quantitative estimate of drug-likeness (QED) is 0.883. The molecule has 0 aromatic heterocycles. The molecule has 0 aliphatic rings. The number of hydrogen-bond acceptors (Lipinski definition) is 4. The van der Waals surface area contributed by atoms with Crippen LogP contribution in [0.3, 0.4) is 0 Å². The van der Waals surface area contributed by atoms with Gasteiger partial charge >= 0.3 is 5.97 Å². The van der Waals surface area contributed by atoms with Gasteiger partial charge in [-0.1, -0.05) is 11.6 Å². The molecule has 0 saturated heterocycles. The minimum Gasteiger partial charge on any atom is -0.480 e. The molecule has 0 aliphatic carbocycles. The molecule has 0 heterocycles. The van der Waals surface area contributed by atoms with Crippen LogP contribution >= 0.6 is 11.6 Å². The van der Waals surface area contributed by atoms with E-state index in [1.807, 2.05) is 0 Å². The summed E-state index contributed by atoms with van der Waals surface area (Å²) in [5.74, 6) is -2.06. The lowest BCUT2D eigenvalue weighted by atomic mass is 10.1. The van der Waals surface area contributed by atoms with E-state index in [9.17, 15) is 18.0 Å². The van der Waals surface area contributed by atoms with Gasteiger partial charge in [0.05, 0.1) is 0 Å². The molecular weight excluding hydrogens is 318 g/mol. The van der Waals surface area contributed by atoms with Gasteiger partial charge in [-0.15, -0.1) is 0 Å². The molecule has 1 rings (SSSR count). The first kappa shape index (κ1) is 17.5. The molecule has 0 fully saturated rings. The summed E-state index contributed by atoms with van der Waals surface area (Å²) >= 11 is 5.75. The number of carboxylic acids is 1. The number of nitrogens with zero attached hydrogens (tertiary/aromatic N) is 1. The number of rotatable bonds is 5. The van der Waals surface area contributed by atoms with Gasteiger partial charge in [-0.25, -0.2) is 8.42 Å². The Morgan fingerprint density at radius 3 is 2.10 bits per heavy atom. The number of hydrogen-bond donors (Lipinski definition) is 1. The van der Waals surface area contributed by atoms with Crippen molar-refractivity contribution in [2.24, 2.45) is 0 Å². The highest BCUT2D eigenvalue weighted by Gasteiger charge is 2.42. The highest BCUT2D eigenvalue weighted by atomic mass is 35.5. The van der Waals surface area contributed by atoms with E-state index in [0.29, 0.717) is 5.02 Å². The van der Waals surface area contributed by atoms with Crippen LogP contribution in [0, 0.1) is 0 Å². The molecule has 0 unspecified atom stereocenters. The van der Waals surface area contributed by atoms with E-state index in [1.54, 1.807) is 0 Å². The second-order valence-corrected chi connectivity index (χ2v) is 8.05. The first-order valence-corrected chi connectivity index (χ1v) is 8.22. The van der Waals surface area contributed by atoms with Gasteiger partial charge in [-0.05, 0) is 38.1 Å². The molecule has 0 radical (unpaired) electrons. The normalized spacial score (nSPS) is 12.0. The highest BCUT2D eigenvalue weighted by molar-refractivity contribution is 7.92. The summed E-state index contributed by atoms with van der Waals surface area (Å²) in [5.41, 5.74) is 0.267. The van der Waals surface area contributed by atoms with Gasteiger partial charge in [-0.3, -0.25) is 14.5 Å². The lowest BCUT2D eigenvalue weighted by Gasteiger charge is -2.29. The van der Waals surface area contributed by atoms with Crippen molar-refractivity contribution in [3.8, 4) is 0 Å². The van der Waals surface area contributed by atoms with Crippen molar-refractivity contribution in [3.05, 3.63) is 29.3 Å². The molecule has 1 aromatic carbocycles. The van der Waals surface area contributed by atoms with Crippen LogP contribution in [0.4, 0.5) is 5.69 Å². The number of sulfone groups is 1. The van der Waals surface area contributed by atoms with Gasteiger partial charge in [0, 0.05) is 17.0 Å². The smallest absolute Gasteiger partial charge is 0.323 e. The average molecular weight is 334 g/mol.